The molecule has 0 saturated carbocycles. The van der Waals surface area contributed by atoms with E-state index in [0.29, 0.717) is 10.5 Å². The van der Waals surface area contributed by atoms with Gasteiger partial charge in [0.2, 0.25) is 6.29 Å². The van der Waals surface area contributed by atoms with Crippen molar-refractivity contribution in [2.75, 3.05) is 20.3 Å². The molecule has 398 valence electrons. The maximum Gasteiger partial charge on any atom is 0.366 e. The van der Waals surface area contributed by atoms with E-state index in [-0.39, 0.29) is 42.4 Å². The van der Waals surface area contributed by atoms with E-state index < -0.39 is 127 Å². The van der Waals surface area contributed by atoms with E-state index in [4.69, 9.17) is 52.1 Å². The molecule has 0 radical (unpaired) electrons. The van der Waals surface area contributed by atoms with Crippen molar-refractivity contribution in [3.63, 3.8) is 0 Å². The molecule has 2 fully saturated rings. The van der Waals surface area contributed by atoms with Gasteiger partial charge in [0.25, 0.3) is 23.3 Å². The second-order valence-electron chi connectivity index (χ2n) is 17.5. The molecule has 1 N–H and O–H groups in total. The number of amides is 2. The Labute approximate surface area is 428 Å². The minimum atomic E-state index is -2.97. The molecule has 11 atom stereocenters. The van der Waals surface area contributed by atoms with Gasteiger partial charge in [-0.05, 0) is 35.4 Å². The summed E-state index contributed by atoms with van der Waals surface area (Å²) < 4.78 is 66.7. The lowest BCUT2D eigenvalue weighted by Crippen LogP contribution is -2.72. The highest BCUT2D eigenvalue weighted by Crippen LogP contribution is 2.44. The van der Waals surface area contributed by atoms with Gasteiger partial charge in [-0.1, -0.05) is 72.8 Å². The summed E-state index contributed by atoms with van der Waals surface area (Å²) >= 11 is 0. The average Bonchev–Trinajstić information content (AvgIpc) is 3.64. The first-order chi connectivity index (χ1) is 35.9. The molecule has 4 aromatic carbocycles. The van der Waals surface area contributed by atoms with Crippen molar-refractivity contribution in [2.45, 2.75) is 114 Å². The van der Waals surface area contributed by atoms with Crippen molar-refractivity contribution in [2.24, 2.45) is 0 Å². The lowest BCUT2D eigenvalue weighted by molar-refractivity contribution is -0.385. The van der Waals surface area contributed by atoms with Crippen LogP contribution in [0.1, 0.15) is 66.0 Å². The number of benzene rings is 4. The number of nitro benzene ring substituents is 1. The number of nitro groups is 1. The molecule has 75 heavy (non-hydrogen) atoms. The zero-order valence-electron chi connectivity index (χ0n) is 41.2. The van der Waals surface area contributed by atoms with Crippen LogP contribution in [0.15, 0.2) is 109 Å². The van der Waals surface area contributed by atoms with Crippen LogP contribution in [0.3, 0.4) is 0 Å². The summed E-state index contributed by atoms with van der Waals surface area (Å²) in [6.07, 6.45) is -17.2. The Bertz CT molecular complexity index is 2670. The van der Waals surface area contributed by atoms with Crippen molar-refractivity contribution < 1.29 is 95.7 Å². The number of non-ortho nitro benzene ring substituents is 1. The fraction of sp³-hybridized carbons (Fsp3) is 0.404. The zero-order valence-corrected chi connectivity index (χ0v) is 41.2. The number of esters is 5. The largest absolute Gasteiger partial charge is 0.465 e. The summed E-state index contributed by atoms with van der Waals surface area (Å²) in [7, 11) is 0.944. The topological polar surface area (TPSA) is 288 Å². The quantitative estimate of drug-likeness (QED) is 0.0407. The second kappa shape index (κ2) is 24.6. The van der Waals surface area contributed by atoms with E-state index in [1.165, 1.54) is 48.5 Å². The van der Waals surface area contributed by atoms with E-state index in [1.807, 2.05) is 6.07 Å². The van der Waals surface area contributed by atoms with Gasteiger partial charge in [0.15, 0.2) is 12.2 Å². The predicted octanol–water partition coefficient (Wildman–Crippen LogP) is 3.93. The number of nitrogens with zero attached hydrogens (tertiary/aromatic N) is 2. The minimum absolute atomic E-state index is 0.0156. The summed E-state index contributed by atoms with van der Waals surface area (Å²) in [5, 5.41) is 24.2. The van der Waals surface area contributed by atoms with Crippen molar-refractivity contribution in [1.82, 2.24) is 4.90 Å². The molecule has 0 aliphatic carbocycles. The molecule has 23 heteroatoms. The van der Waals surface area contributed by atoms with Gasteiger partial charge in [0, 0.05) is 39.8 Å². The highest BCUT2D eigenvalue weighted by Gasteiger charge is 2.65. The van der Waals surface area contributed by atoms with E-state index in [2.05, 4.69) is 0 Å². The Balaban J connectivity index is 1.40. The molecule has 4 unspecified atom stereocenters. The van der Waals surface area contributed by atoms with Crippen LogP contribution in [0.2, 0.25) is 0 Å². The third-order valence-corrected chi connectivity index (χ3v) is 12.1. The Hall–Kier alpha value is -7.67. The third kappa shape index (κ3) is 13.2. The predicted molar refractivity (Wildman–Crippen MR) is 253 cm³/mol. The SMILES string of the molecule is COC(=O)[C@@]1(OC2C(OCc3ccccc3)[C@H](Oc3ccc([N+](=O)[O-])cc3)OC(COCc3ccccc3)[C@@H]2O)C[C@@H](OC(C)=O)[C@@H](N2C(=O)c3ccccc3C2=O)C([C@H](OC(C)=O)[C@@H](COC(C)=O)OC(C)=O)O1. The second-order valence-corrected chi connectivity index (χ2v) is 17.5. The minimum Gasteiger partial charge on any atom is -0.465 e. The van der Waals surface area contributed by atoms with E-state index in [9.17, 15) is 48.8 Å². The highest BCUT2D eigenvalue weighted by molar-refractivity contribution is 6.21. The molecule has 0 aromatic heterocycles. The summed E-state index contributed by atoms with van der Waals surface area (Å²) in [5.74, 6) is -10.2. The Morgan fingerprint density at radius 2 is 1.36 bits per heavy atom. The molecule has 7 rings (SSSR count). The lowest BCUT2D eigenvalue weighted by Gasteiger charge is -2.52. The van der Waals surface area contributed by atoms with Gasteiger partial charge in [-0.15, -0.1) is 0 Å². The number of hydrogen-bond acceptors (Lipinski definition) is 21. The normalized spacial score (nSPS) is 25.0. The average molecular weight is 1040 g/mol. The van der Waals surface area contributed by atoms with Crippen LogP contribution in [0.5, 0.6) is 5.75 Å². The molecule has 2 saturated heterocycles. The van der Waals surface area contributed by atoms with Crippen LogP contribution in [0, 0.1) is 10.1 Å². The van der Waals surface area contributed by atoms with Gasteiger partial charge >= 0.3 is 29.8 Å². The number of imide groups is 1. The molecule has 3 aliphatic rings. The first kappa shape index (κ1) is 55.1. The lowest BCUT2D eigenvalue weighted by atomic mass is 9.86. The van der Waals surface area contributed by atoms with Gasteiger partial charge in [-0.2, -0.15) is 0 Å². The maximum absolute atomic E-state index is 14.9. The Morgan fingerprint density at radius 3 is 1.91 bits per heavy atom. The third-order valence-electron chi connectivity index (χ3n) is 12.1. The van der Waals surface area contributed by atoms with Crippen molar-refractivity contribution in [1.29, 1.82) is 0 Å². The van der Waals surface area contributed by atoms with E-state index in [0.717, 1.165) is 40.4 Å². The molecular weight excluding hydrogens is 989 g/mol. The van der Waals surface area contributed by atoms with E-state index in [1.54, 1.807) is 54.6 Å². The number of rotatable bonds is 21. The maximum atomic E-state index is 14.9. The monoisotopic (exact) mass is 1040 g/mol. The molecular formula is C52H54N2O21. The first-order valence-corrected chi connectivity index (χ1v) is 23.5. The van der Waals surface area contributed by atoms with Gasteiger partial charge < -0.3 is 57.2 Å². The molecule has 23 nitrogen and oxygen atoms in total. The summed E-state index contributed by atoms with van der Waals surface area (Å²) in [6, 6.07) is 26.4. The number of aliphatic hydroxyl groups excluding tert-OH is 1. The van der Waals surface area contributed by atoms with Crippen molar-refractivity contribution in [3.05, 3.63) is 142 Å². The summed E-state index contributed by atoms with van der Waals surface area (Å²) in [6.45, 7) is 2.55. The molecule has 3 aliphatic heterocycles. The van der Waals surface area contributed by atoms with Gasteiger partial charge in [0.05, 0.1) is 49.4 Å². The Kier molecular flexibility index (Phi) is 18.1. The molecule has 2 amide bonds. The van der Waals surface area contributed by atoms with Gasteiger partial charge in [-0.3, -0.25) is 43.8 Å². The van der Waals surface area contributed by atoms with Crippen LogP contribution in [-0.2, 0) is 84.6 Å². The van der Waals surface area contributed by atoms with Crippen LogP contribution in [-0.4, -0.2) is 144 Å². The number of fused-ring (bicyclic) bond motifs is 1. The van der Waals surface area contributed by atoms with Crippen LogP contribution < -0.4 is 4.74 Å². The molecule has 4 aromatic rings. The number of carbonyl (C=O) groups is 7. The number of hydrogen-bond donors (Lipinski definition) is 1. The molecule has 0 bridgehead atoms. The van der Waals surface area contributed by atoms with Crippen LogP contribution >= 0.6 is 0 Å². The van der Waals surface area contributed by atoms with Crippen LogP contribution in [0.25, 0.3) is 0 Å². The Morgan fingerprint density at radius 1 is 0.773 bits per heavy atom. The number of ether oxygens (including phenoxy) is 11. The first-order valence-electron chi connectivity index (χ1n) is 23.5. The standard InChI is InChI=1S/C52H54N2O21/c1-29(55)67-28-41(70-31(3)57)44(71-32(4)58)45-42(53-48(60)37-18-12-13-19-38(37)49(53)61)39(69-30(2)56)24-52(74-45,51(62)65-5)75-46-43(59)40(27-66-25-33-14-8-6-9-15-33)73-50(47(46)68-26-34-16-10-7-11-17-34)72-36-22-20-35(21-23-36)54(63)64/h6-23,39-47,50,59H,24-28H2,1-5H3/t39-,40?,41-,42-,43+,44-,45?,46?,47?,50-,52+/m1/s1. The van der Waals surface area contributed by atoms with Gasteiger partial charge in [-0.25, -0.2) is 4.79 Å². The fourth-order valence-corrected chi connectivity index (χ4v) is 8.95. The van der Waals surface area contributed by atoms with E-state index >= 15 is 0 Å². The van der Waals surface area contributed by atoms with Crippen molar-refractivity contribution in [3.8, 4) is 5.75 Å². The number of carbonyl (C=O) groups excluding carboxylic acids is 7. The zero-order chi connectivity index (χ0) is 54.0. The summed E-state index contributed by atoms with van der Waals surface area (Å²) in [5.41, 5.74) is 0.892. The smallest absolute Gasteiger partial charge is 0.366 e. The van der Waals surface area contributed by atoms with Crippen molar-refractivity contribution >= 4 is 47.3 Å². The van der Waals surface area contributed by atoms with Crippen LogP contribution in [0.4, 0.5) is 5.69 Å². The fourth-order valence-electron chi connectivity index (χ4n) is 8.95. The molecule has 3 heterocycles. The number of methoxy groups -OCH3 is 1. The summed E-state index contributed by atoms with van der Waals surface area (Å²) in [4.78, 5) is 107. The molecule has 0 spiro atoms. The highest BCUT2D eigenvalue weighted by atomic mass is 16.8. The van der Waals surface area contributed by atoms with Gasteiger partial charge in [0.1, 0.15) is 55.0 Å². The number of aliphatic hydroxyl groups is 1.